The van der Waals surface area contributed by atoms with Gasteiger partial charge in [0, 0.05) is 24.2 Å². The van der Waals surface area contributed by atoms with Crippen LogP contribution in [0.25, 0.3) is 0 Å². The summed E-state index contributed by atoms with van der Waals surface area (Å²) in [7, 11) is 0. The van der Waals surface area contributed by atoms with Crippen LogP contribution in [0.4, 0.5) is 0 Å². The first-order chi connectivity index (χ1) is 14.1. The number of nitrogens with two attached hydrogens (primary N) is 1. The van der Waals surface area contributed by atoms with Crippen molar-refractivity contribution in [2.75, 3.05) is 39.5 Å². The summed E-state index contributed by atoms with van der Waals surface area (Å²) < 4.78 is 11.2. The van der Waals surface area contributed by atoms with E-state index in [1.807, 2.05) is 36.4 Å². The molecule has 5 N–H and O–H groups in total. The molecule has 0 bridgehead atoms. The minimum Gasteiger partial charge on any atom is -0.492 e. The van der Waals surface area contributed by atoms with E-state index in [2.05, 4.69) is 10.0 Å². The molecule has 3 rings (SSSR count). The SMILES string of the molecule is N/N=C(/c1ccc(OCC(O)CO)cc1)c1ccc(OCC(CO)N2CC2)cc1. The molecule has 1 heterocycles. The van der Waals surface area contributed by atoms with Gasteiger partial charge in [-0.3, -0.25) is 4.90 Å². The molecule has 1 fully saturated rings. The third-order valence-electron chi connectivity index (χ3n) is 4.69. The van der Waals surface area contributed by atoms with Crippen molar-refractivity contribution in [1.29, 1.82) is 0 Å². The first kappa shape index (κ1) is 21.1. The summed E-state index contributed by atoms with van der Waals surface area (Å²) in [4.78, 5) is 2.16. The van der Waals surface area contributed by atoms with Crippen LogP contribution in [0.5, 0.6) is 11.5 Å². The Morgan fingerprint density at radius 3 is 1.83 bits per heavy atom. The van der Waals surface area contributed by atoms with Gasteiger partial charge in [0.2, 0.25) is 0 Å². The molecule has 0 aromatic heterocycles. The summed E-state index contributed by atoms with van der Waals surface area (Å²) in [6.45, 7) is 2.22. The maximum Gasteiger partial charge on any atom is 0.119 e. The molecule has 1 saturated heterocycles. The van der Waals surface area contributed by atoms with Crippen LogP contribution in [-0.4, -0.2) is 77.6 Å². The van der Waals surface area contributed by atoms with E-state index in [1.54, 1.807) is 12.1 Å². The fraction of sp³-hybridized carbons (Fsp3) is 0.381. The standard InChI is InChI=1S/C21H27N3O5/c22-23-21(16-3-7-20(8-4-16)29-14-18(27)12-26)15-1-5-19(6-2-15)28-13-17(11-25)24-9-10-24/h1-8,17-18,25-27H,9-14,22H2/b23-21+. The molecular formula is C21H27N3O5. The van der Waals surface area contributed by atoms with Crippen molar-refractivity contribution in [2.24, 2.45) is 10.9 Å². The third kappa shape index (κ3) is 5.91. The Bertz CT molecular complexity index is 791. The highest BCUT2D eigenvalue weighted by Gasteiger charge is 2.27. The van der Waals surface area contributed by atoms with E-state index in [0.29, 0.717) is 18.1 Å². The largest absolute Gasteiger partial charge is 0.492 e. The quantitative estimate of drug-likeness (QED) is 0.184. The fourth-order valence-corrected chi connectivity index (χ4v) is 2.87. The number of benzene rings is 2. The molecule has 2 atom stereocenters. The van der Waals surface area contributed by atoms with Crippen LogP contribution in [0.2, 0.25) is 0 Å². The minimum absolute atomic E-state index is 0.0179. The lowest BCUT2D eigenvalue weighted by atomic mass is 10.0. The lowest BCUT2D eigenvalue weighted by molar-refractivity contribution is 0.0536. The van der Waals surface area contributed by atoms with Gasteiger partial charge in [-0.15, -0.1) is 0 Å². The smallest absolute Gasteiger partial charge is 0.119 e. The zero-order valence-corrected chi connectivity index (χ0v) is 16.1. The normalized spacial score (nSPS) is 16.3. The van der Waals surface area contributed by atoms with Gasteiger partial charge in [-0.2, -0.15) is 5.10 Å². The van der Waals surface area contributed by atoms with Gasteiger partial charge in [0.1, 0.15) is 30.8 Å². The van der Waals surface area contributed by atoms with Crippen molar-refractivity contribution in [1.82, 2.24) is 4.90 Å². The molecule has 0 amide bonds. The van der Waals surface area contributed by atoms with Gasteiger partial charge in [0.15, 0.2) is 0 Å². The van der Waals surface area contributed by atoms with Crippen molar-refractivity contribution in [3.63, 3.8) is 0 Å². The number of rotatable bonds is 11. The van der Waals surface area contributed by atoms with Crippen LogP contribution in [0.1, 0.15) is 11.1 Å². The molecule has 2 aromatic carbocycles. The number of hydrazone groups is 1. The maximum absolute atomic E-state index is 9.40. The molecule has 0 spiro atoms. The van der Waals surface area contributed by atoms with E-state index in [1.165, 1.54) is 0 Å². The van der Waals surface area contributed by atoms with Crippen molar-refractivity contribution < 1.29 is 24.8 Å². The van der Waals surface area contributed by atoms with E-state index >= 15 is 0 Å². The van der Waals surface area contributed by atoms with Crippen LogP contribution in [-0.2, 0) is 0 Å². The van der Waals surface area contributed by atoms with Crippen LogP contribution >= 0.6 is 0 Å². The Hall–Kier alpha value is -2.65. The summed E-state index contributed by atoms with van der Waals surface area (Å²) in [5, 5.41) is 31.5. The van der Waals surface area contributed by atoms with Gasteiger partial charge in [0.05, 0.1) is 25.0 Å². The third-order valence-corrected chi connectivity index (χ3v) is 4.69. The van der Waals surface area contributed by atoms with Crippen molar-refractivity contribution in [3.05, 3.63) is 59.7 Å². The molecule has 8 heteroatoms. The highest BCUT2D eigenvalue weighted by atomic mass is 16.5. The van der Waals surface area contributed by atoms with Crippen LogP contribution in [0, 0.1) is 0 Å². The van der Waals surface area contributed by atoms with Gasteiger partial charge in [0.25, 0.3) is 0 Å². The zero-order chi connectivity index (χ0) is 20.6. The second kappa shape index (κ2) is 10.2. The summed E-state index contributed by atoms with van der Waals surface area (Å²) >= 11 is 0. The average molecular weight is 401 g/mol. The molecule has 0 radical (unpaired) electrons. The van der Waals surface area contributed by atoms with Crippen LogP contribution in [0.3, 0.4) is 0 Å². The summed E-state index contributed by atoms with van der Waals surface area (Å²) in [5.41, 5.74) is 2.28. The van der Waals surface area contributed by atoms with E-state index < -0.39 is 6.10 Å². The topological polar surface area (TPSA) is 121 Å². The number of hydrogen-bond donors (Lipinski definition) is 4. The molecule has 8 nitrogen and oxygen atoms in total. The van der Waals surface area contributed by atoms with Gasteiger partial charge in [-0.05, 0) is 48.5 Å². The number of ether oxygens (including phenoxy) is 2. The highest BCUT2D eigenvalue weighted by Crippen LogP contribution is 2.20. The van der Waals surface area contributed by atoms with Gasteiger partial charge in [-0.1, -0.05) is 0 Å². The van der Waals surface area contributed by atoms with E-state index in [9.17, 15) is 10.2 Å². The number of nitrogens with zero attached hydrogens (tertiary/aromatic N) is 2. The molecule has 1 aliphatic rings. The minimum atomic E-state index is -0.911. The summed E-state index contributed by atoms with van der Waals surface area (Å²) in [6.07, 6.45) is -0.911. The molecule has 0 saturated carbocycles. The van der Waals surface area contributed by atoms with E-state index in [-0.39, 0.29) is 25.9 Å². The maximum atomic E-state index is 9.40. The zero-order valence-electron chi connectivity index (χ0n) is 16.1. The average Bonchev–Trinajstić information content (AvgIpc) is 3.60. The predicted molar refractivity (Wildman–Crippen MR) is 109 cm³/mol. The predicted octanol–water partition coefficient (Wildman–Crippen LogP) is 0.185. The van der Waals surface area contributed by atoms with Crippen molar-refractivity contribution >= 4 is 5.71 Å². The highest BCUT2D eigenvalue weighted by molar-refractivity contribution is 6.12. The molecule has 2 unspecified atom stereocenters. The van der Waals surface area contributed by atoms with E-state index in [4.69, 9.17) is 20.4 Å². The molecule has 0 aliphatic carbocycles. The number of aliphatic hydroxyl groups excluding tert-OH is 3. The lowest BCUT2D eigenvalue weighted by Crippen LogP contribution is -2.30. The summed E-state index contributed by atoms with van der Waals surface area (Å²) in [5.74, 6) is 6.91. The van der Waals surface area contributed by atoms with E-state index in [0.717, 1.165) is 30.0 Å². The fourth-order valence-electron chi connectivity index (χ4n) is 2.87. The van der Waals surface area contributed by atoms with Gasteiger partial charge < -0.3 is 30.6 Å². The second-order valence-corrected chi connectivity index (χ2v) is 6.86. The molecule has 1 aliphatic heterocycles. The lowest BCUT2D eigenvalue weighted by Gasteiger charge is -2.16. The summed E-state index contributed by atoms with van der Waals surface area (Å²) in [6, 6.07) is 14.7. The van der Waals surface area contributed by atoms with Crippen LogP contribution in [0.15, 0.2) is 53.6 Å². The molecule has 156 valence electrons. The number of hydrogen-bond acceptors (Lipinski definition) is 8. The van der Waals surface area contributed by atoms with Gasteiger partial charge >= 0.3 is 0 Å². The molecule has 2 aromatic rings. The van der Waals surface area contributed by atoms with Crippen molar-refractivity contribution in [2.45, 2.75) is 12.1 Å². The molecular weight excluding hydrogens is 374 g/mol. The monoisotopic (exact) mass is 401 g/mol. The Balaban J connectivity index is 1.60. The Morgan fingerprint density at radius 1 is 0.897 bits per heavy atom. The van der Waals surface area contributed by atoms with Crippen LogP contribution < -0.4 is 15.3 Å². The Morgan fingerprint density at radius 2 is 1.41 bits per heavy atom. The van der Waals surface area contributed by atoms with Gasteiger partial charge in [-0.25, -0.2) is 0 Å². The second-order valence-electron chi connectivity index (χ2n) is 6.86. The Kier molecular flexibility index (Phi) is 7.42. The first-order valence-electron chi connectivity index (χ1n) is 9.52. The molecule has 29 heavy (non-hydrogen) atoms. The van der Waals surface area contributed by atoms with Crippen molar-refractivity contribution in [3.8, 4) is 11.5 Å². The number of aliphatic hydroxyl groups is 3. The Labute approximate surface area is 169 Å². The first-order valence-corrected chi connectivity index (χ1v) is 9.52.